The lowest BCUT2D eigenvalue weighted by atomic mass is 10.1. The van der Waals surface area contributed by atoms with E-state index in [-0.39, 0.29) is 17.0 Å². The number of allylic oxidation sites excluding steroid dienone is 6. The van der Waals surface area contributed by atoms with E-state index in [2.05, 4.69) is 117 Å². The highest BCUT2D eigenvalue weighted by Crippen LogP contribution is 2.39. The first kappa shape index (κ1) is 22.5. The van der Waals surface area contributed by atoms with Crippen LogP contribution in [-0.2, 0) is 0 Å². The number of benzene rings is 2. The average molecular weight is 492 g/mol. The van der Waals surface area contributed by atoms with E-state index in [1.807, 2.05) is 23.1 Å². The molecule has 0 amide bonds. The first-order chi connectivity index (χ1) is 14.2. The largest absolute Gasteiger partial charge is 1.00 e. The minimum Gasteiger partial charge on any atom is -1.00 e. The van der Waals surface area contributed by atoms with Crippen LogP contribution in [0.5, 0.6) is 0 Å². The van der Waals surface area contributed by atoms with Crippen molar-refractivity contribution in [1.82, 2.24) is 0 Å². The molecule has 4 rings (SSSR count). The van der Waals surface area contributed by atoms with E-state index in [0.29, 0.717) is 0 Å². The second-order valence-electron chi connectivity index (χ2n) is 6.96. The van der Waals surface area contributed by atoms with Crippen molar-refractivity contribution in [2.75, 3.05) is 0 Å². The Morgan fingerprint density at radius 1 is 0.800 bits per heavy atom. The van der Waals surface area contributed by atoms with Crippen LogP contribution in [0, 0.1) is 0 Å². The fraction of sp³-hybridized carbons (Fsp3) is 0.0741. The van der Waals surface area contributed by atoms with Crippen LogP contribution in [0.4, 0.5) is 0 Å². The zero-order chi connectivity index (χ0) is 20.1. The van der Waals surface area contributed by atoms with Crippen LogP contribution in [0.25, 0.3) is 20.9 Å². The fourth-order valence-electron chi connectivity index (χ4n) is 3.22. The zero-order valence-corrected chi connectivity index (χ0v) is 20.2. The molecule has 0 saturated heterocycles. The summed E-state index contributed by atoms with van der Waals surface area (Å²) in [5.41, 5.74) is 5.13. The molecule has 0 nitrogen and oxygen atoms in total. The molecule has 0 unspecified atom stereocenters. The molecule has 30 heavy (non-hydrogen) atoms. The average Bonchev–Trinajstić information content (AvgIpc) is 2.80. The van der Waals surface area contributed by atoms with Crippen molar-refractivity contribution in [3.8, 4) is 10.4 Å². The van der Waals surface area contributed by atoms with Crippen molar-refractivity contribution in [1.29, 1.82) is 0 Å². The molecule has 0 atom stereocenters. The van der Waals surface area contributed by atoms with Crippen LogP contribution in [0.2, 0.25) is 0 Å². The van der Waals surface area contributed by atoms with E-state index < -0.39 is 0 Å². The first-order valence-corrected chi connectivity index (χ1v) is 11.3. The highest BCUT2D eigenvalue weighted by molar-refractivity contribution is 8.12. The third kappa shape index (κ3) is 5.48. The van der Waals surface area contributed by atoms with Gasteiger partial charge in [-0.2, -0.15) is 0 Å². The normalized spacial score (nSPS) is 15.3. The number of hydrogen-bond acceptors (Lipinski definition) is 1. The minimum atomic E-state index is 0. The van der Waals surface area contributed by atoms with Gasteiger partial charge in [-0.1, -0.05) is 72.4 Å². The second-order valence-corrected chi connectivity index (χ2v) is 9.12. The number of hydrogen-bond donors (Lipinski definition) is 0. The topological polar surface area (TPSA) is 0 Å². The third-order valence-electron chi connectivity index (χ3n) is 4.76. The highest BCUT2D eigenvalue weighted by atomic mass is 79.9. The monoisotopic (exact) mass is 490 g/mol. The maximum absolute atomic E-state index is 2.31. The summed E-state index contributed by atoms with van der Waals surface area (Å²) in [4.78, 5) is 5.19. The summed E-state index contributed by atoms with van der Waals surface area (Å²) in [7, 11) is 0. The summed E-state index contributed by atoms with van der Waals surface area (Å²) < 4.78 is 0. The van der Waals surface area contributed by atoms with Gasteiger partial charge in [0, 0.05) is 33.1 Å². The van der Waals surface area contributed by atoms with Gasteiger partial charge in [0.15, 0.2) is 0 Å². The molecule has 0 radical (unpaired) electrons. The van der Waals surface area contributed by atoms with Gasteiger partial charge in [-0.05, 0) is 55.3 Å². The molecule has 1 aliphatic rings. The Labute approximate surface area is 198 Å². The molecule has 0 spiro atoms. The van der Waals surface area contributed by atoms with Crippen molar-refractivity contribution < 1.29 is 17.0 Å². The van der Waals surface area contributed by atoms with Gasteiger partial charge in [0.05, 0.1) is 0 Å². The van der Waals surface area contributed by atoms with Gasteiger partial charge in [0.1, 0.15) is 0 Å². The maximum atomic E-state index is 2.31. The molecular formula is C27H23BrS2. The van der Waals surface area contributed by atoms with E-state index in [1.54, 1.807) is 0 Å². The molecule has 3 heteroatoms. The molecule has 1 aromatic heterocycles. The lowest BCUT2D eigenvalue weighted by Gasteiger charge is -2.13. The van der Waals surface area contributed by atoms with Gasteiger partial charge < -0.3 is 17.0 Å². The molecule has 150 valence electrons. The molecule has 0 N–H and O–H groups in total. The van der Waals surface area contributed by atoms with Gasteiger partial charge in [0.25, 0.3) is 0 Å². The third-order valence-corrected chi connectivity index (χ3v) is 7.30. The predicted octanol–water partition coefficient (Wildman–Crippen LogP) is 5.72. The van der Waals surface area contributed by atoms with Crippen molar-refractivity contribution in [3.63, 3.8) is 0 Å². The summed E-state index contributed by atoms with van der Waals surface area (Å²) in [6.45, 7) is 4.41. The predicted molar refractivity (Wildman–Crippen MR) is 132 cm³/mol. The van der Waals surface area contributed by atoms with Gasteiger partial charge in [-0.15, -0.1) is 0 Å². The number of rotatable bonds is 4. The van der Waals surface area contributed by atoms with E-state index in [1.165, 1.54) is 41.8 Å². The molecule has 3 aromatic rings. The van der Waals surface area contributed by atoms with Crippen molar-refractivity contribution in [3.05, 3.63) is 124 Å². The second kappa shape index (κ2) is 10.7. The Morgan fingerprint density at radius 2 is 1.47 bits per heavy atom. The van der Waals surface area contributed by atoms with E-state index in [0.717, 1.165) is 0 Å². The summed E-state index contributed by atoms with van der Waals surface area (Å²) in [5.74, 6) is 0. The lowest BCUT2D eigenvalue weighted by Crippen LogP contribution is -3.00. The first-order valence-electron chi connectivity index (χ1n) is 9.70. The van der Waals surface area contributed by atoms with Crippen LogP contribution in [0.1, 0.15) is 24.3 Å². The zero-order valence-electron chi connectivity index (χ0n) is 17.0. The molecule has 1 aliphatic heterocycles. The Hall–Kier alpha value is -2.20. The van der Waals surface area contributed by atoms with Crippen molar-refractivity contribution in [2.24, 2.45) is 0 Å². The van der Waals surface area contributed by atoms with E-state index in [4.69, 9.17) is 0 Å². The van der Waals surface area contributed by atoms with E-state index in [9.17, 15) is 0 Å². The standard InChI is InChI=1S/C27H23S2.BrH/c1-20(24-15-9-17-26(28-24)22-11-5-3-6-12-22)19-21(2)25-16-10-18-27(29-25)23-13-7-4-8-14-23;/h3-19H,1-2H3;1H/q+1;/p-1. The van der Waals surface area contributed by atoms with Crippen molar-refractivity contribution >= 4 is 33.6 Å². The Kier molecular flexibility index (Phi) is 8.03. The summed E-state index contributed by atoms with van der Waals surface area (Å²) in [6.07, 6.45) is 8.86. The maximum Gasteiger partial charge on any atom is 0.238 e. The molecule has 0 aliphatic carbocycles. The quantitative estimate of drug-likeness (QED) is 0.421. The molecule has 0 fully saturated rings. The van der Waals surface area contributed by atoms with Gasteiger partial charge in [0.2, 0.25) is 21.1 Å². The van der Waals surface area contributed by atoms with Crippen LogP contribution < -0.4 is 17.0 Å². The van der Waals surface area contributed by atoms with E-state index >= 15 is 0 Å². The van der Waals surface area contributed by atoms with Gasteiger partial charge in [-0.3, -0.25) is 0 Å². The van der Waals surface area contributed by atoms with Crippen LogP contribution in [0.15, 0.2) is 114 Å². The Morgan fingerprint density at radius 3 is 2.17 bits per heavy atom. The van der Waals surface area contributed by atoms with Crippen molar-refractivity contribution in [2.45, 2.75) is 13.8 Å². The summed E-state index contributed by atoms with van der Waals surface area (Å²) in [6, 6.07) is 27.7. The molecule has 0 bridgehead atoms. The number of halogens is 1. The fourth-order valence-corrected chi connectivity index (χ4v) is 5.23. The lowest BCUT2D eigenvalue weighted by molar-refractivity contribution is -0.00000551. The SMILES string of the molecule is C/C(=C\C(C)=C1/C=CC=C(c2ccccc2)S1)c1cccc(-c2ccccc2)[s+]1.[Br-]. The number of thioether (sulfide) groups is 1. The summed E-state index contributed by atoms with van der Waals surface area (Å²) in [5, 5.41) is 0. The summed E-state index contributed by atoms with van der Waals surface area (Å²) >= 11 is 3.69. The van der Waals surface area contributed by atoms with Crippen LogP contribution in [0.3, 0.4) is 0 Å². The molecule has 2 aromatic carbocycles. The molecule has 0 saturated carbocycles. The minimum absolute atomic E-state index is 0. The van der Waals surface area contributed by atoms with Gasteiger partial charge in [-0.25, -0.2) is 0 Å². The molecule has 2 heterocycles. The van der Waals surface area contributed by atoms with Crippen LogP contribution >= 0.6 is 23.1 Å². The van der Waals surface area contributed by atoms with Crippen LogP contribution in [-0.4, -0.2) is 0 Å². The highest BCUT2D eigenvalue weighted by Gasteiger charge is 2.16. The Bertz CT molecular complexity index is 1120. The smallest absolute Gasteiger partial charge is 0.238 e. The van der Waals surface area contributed by atoms with Gasteiger partial charge >= 0.3 is 0 Å². The molecular weight excluding hydrogens is 468 g/mol. The Balaban J connectivity index is 0.00000256.